The van der Waals surface area contributed by atoms with Gasteiger partial charge in [-0.25, -0.2) is 0 Å². The fourth-order valence-electron chi connectivity index (χ4n) is 2.34. The fourth-order valence-corrected chi connectivity index (χ4v) is 2.57. The van der Waals surface area contributed by atoms with Crippen LogP contribution in [-0.4, -0.2) is 26.2 Å². The molecule has 2 aromatic carbocycles. The third-order valence-corrected chi connectivity index (χ3v) is 3.85. The minimum Gasteiger partial charge on any atom is -0.497 e. The standard InChI is InChI=1S/C19H22ClNO3/c1-3-24-18-10-9-15(13-17(18)20)19(22)21-11-5-7-14-6-4-8-16(12-14)23-2/h4,6,8-10,12-13H,3,5,7,11H2,1-2H3,(H,21,22). The summed E-state index contributed by atoms with van der Waals surface area (Å²) in [6.07, 6.45) is 1.73. The Bertz CT molecular complexity index is 688. The van der Waals surface area contributed by atoms with Crippen LogP contribution in [0.15, 0.2) is 42.5 Å². The number of ether oxygens (including phenoxy) is 2. The molecule has 0 heterocycles. The van der Waals surface area contributed by atoms with Gasteiger partial charge in [-0.05, 0) is 55.7 Å². The Labute approximate surface area is 147 Å². The first kappa shape index (κ1) is 18.1. The van der Waals surface area contributed by atoms with Crippen molar-refractivity contribution >= 4 is 17.5 Å². The maximum Gasteiger partial charge on any atom is 0.251 e. The van der Waals surface area contributed by atoms with Crippen LogP contribution in [0.25, 0.3) is 0 Å². The summed E-state index contributed by atoms with van der Waals surface area (Å²) in [4.78, 5) is 12.1. The van der Waals surface area contributed by atoms with Crippen LogP contribution >= 0.6 is 11.6 Å². The number of hydrogen-bond donors (Lipinski definition) is 1. The first-order valence-electron chi connectivity index (χ1n) is 7.97. The van der Waals surface area contributed by atoms with Gasteiger partial charge >= 0.3 is 0 Å². The molecule has 4 nitrogen and oxygen atoms in total. The third kappa shape index (κ3) is 5.17. The highest BCUT2D eigenvalue weighted by molar-refractivity contribution is 6.32. The lowest BCUT2D eigenvalue weighted by Gasteiger charge is -2.09. The molecule has 0 aliphatic carbocycles. The molecule has 128 valence electrons. The summed E-state index contributed by atoms with van der Waals surface area (Å²) in [7, 11) is 1.65. The Hall–Kier alpha value is -2.20. The monoisotopic (exact) mass is 347 g/mol. The predicted octanol–water partition coefficient (Wildman–Crippen LogP) is 4.11. The molecule has 1 amide bonds. The first-order chi connectivity index (χ1) is 11.6. The van der Waals surface area contributed by atoms with E-state index in [1.54, 1.807) is 25.3 Å². The number of rotatable bonds is 8. The Balaban J connectivity index is 1.81. The minimum atomic E-state index is -0.134. The number of amides is 1. The van der Waals surface area contributed by atoms with Crippen LogP contribution in [0.5, 0.6) is 11.5 Å². The van der Waals surface area contributed by atoms with E-state index in [1.807, 2.05) is 25.1 Å². The molecule has 0 saturated heterocycles. The summed E-state index contributed by atoms with van der Waals surface area (Å²) in [5, 5.41) is 3.35. The number of nitrogens with one attached hydrogen (secondary N) is 1. The van der Waals surface area contributed by atoms with Crippen molar-refractivity contribution in [1.82, 2.24) is 5.32 Å². The summed E-state index contributed by atoms with van der Waals surface area (Å²) in [5.74, 6) is 1.31. The normalized spacial score (nSPS) is 10.3. The Morgan fingerprint density at radius 1 is 1.21 bits per heavy atom. The Morgan fingerprint density at radius 3 is 2.75 bits per heavy atom. The van der Waals surface area contributed by atoms with Gasteiger partial charge in [0.05, 0.1) is 18.7 Å². The van der Waals surface area contributed by atoms with Gasteiger partial charge in [-0.3, -0.25) is 4.79 Å². The number of hydrogen-bond acceptors (Lipinski definition) is 3. The molecule has 0 fully saturated rings. The second-order valence-electron chi connectivity index (χ2n) is 5.29. The van der Waals surface area contributed by atoms with E-state index in [9.17, 15) is 4.79 Å². The minimum absolute atomic E-state index is 0.134. The highest BCUT2D eigenvalue weighted by Crippen LogP contribution is 2.25. The summed E-state index contributed by atoms with van der Waals surface area (Å²) in [6.45, 7) is 3.02. The topological polar surface area (TPSA) is 47.6 Å². The van der Waals surface area contributed by atoms with Crippen LogP contribution in [0, 0.1) is 0 Å². The van der Waals surface area contributed by atoms with E-state index in [2.05, 4.69) is 11.4 Å². The predicted molar refractivity (Wildman–Crippen MR) is 96.3 cm³/mol. The number of carbonyl (C=O) groups is 1. The molecule has 2 aromatic rings. The quantitative estimate of drug-likeness (QED) is 0.731. The molecule has 0 aliphatic rings. The fraction of sp³-hybridized carbons (Fsp3) is 0.316. The van der Waals surface area contributed by atoms with Gasteiger partial charge in [-0.15, -0.1) is 0 Å². The molecule has 0 aromatic heterocycles. The number of carbonyl (C=O) groups excluding carboxylic acids is 1. The highest BCUT2D eigenvalue weighted by Gasteiger charge is 2.09. The molecule has 0 spiro atoms. The second-order valence-corrected chi connectivity index (χ2v) is 5.70. The van der Waals surface area contributed by atoms with Crippen molar-refractivity contribution in [1.29, 1.82) is 0 Å². The van der Waals surface area contributed by atoms with Crippen LogP contribution in [0.3, 0.4) is 0 Å². The zero-order valence-electron chi connectivity index (χ0n) is 14.0. The average Bonchev–Trinajstić information content (AvgIpc) is 2.60. The largest absolute Gasteiger partial charge is 0.497 e. The van der Waals surface area contributed by atoms with Crippen LogP contribution < -0.4 is 14.8 Å². The first-order valence-corrected chi connectivity index (χ1v) is 8.35. The highest BCUT2D eigenvalue weighted by atomic mass is 35.5. The number of halogens is 1. The van der Waals surface area contributed by atoms with Crippen LogP contribution in [0.1, 0.15) is 29.3 Å². The van der Waals surface area contributed by atoms with Crippen molar-refractivity contribution < 1.29 is 14.3 Å². The van der Waals surface area contributed by atoms with E-state index in [-0.39, 0.29) is 5.91 Å². The molecular formula is C19H22ClNO3. The van der Waals surface area contributed by atoms with Gasteiger partial charge in [0, 0.05) is 12.1 Å². The molecule has 1 N–H and O–H groups in total. The molecular weight excluding hydrogens is 326 g/mol. The summed E-state index contributed by atoms with van der Waals surface area (Å²) in [6, 6.07) is 13.0. The van der Waals surface area contributed by atoms with Gasteiger partial charge < -0.3 is 14.8 Å². The van der Waals surface area contributed by atoms with E-state index in [1.165, 1.54) is 5.56 Å². The average molecular weight is 348 g/mol. The molecule has 0 atom stereocenters. The third-order valence-electron chi connectivity index (χ3n) is 3.56. The van der Waals surface area contributed by atoms with Gasteiger partial charge in [-0.1, -0.05) is 23.7 Å². The van der Waals surface area contributed by atoms with E-state index in [0.717, 1.165) is 18.6 Å². The summed E-state index contributed by atoms with van der Waals surface area (Å²) < 4.78 is 10.6. The molecule has 0 aliphatic heterocycles. The maximum atomic E-state index is 12.1. The molecule has 0 saturated carbocycles. The van der Waals surface area contributed by atoms with Gasteiger partial charge in [0.25, 0.3) is 5.91 Å². The van der Waals surface area contributed by atoms with Crippen molar-refractivity contribution in [3.8, 4) is 11.5 Å². The number of aryl methyl sites for hydroxylation is 1. The van der Waals surface area contributed by atoms with Gasteiger partial charge in [0.1, 0.15) is 11.5 Å². The zero-order chi connectivity index (χ0) is 17.4. The molecule has 0 bridgehead atoms. The maximum absolute atomic E-state index is 12.1. The van der Waals surface area contributed by atoms with E-state index >= 15 is 0 Å². The van der Waals surface area contributed by atoms with Crippen molar-refractivity contribution in [2.75, 3.05) is 20.3 Å². The van der Waals surface area contributed by atoms with Crippen molar-refractivity contribution in [2.24, 2.45) is 0 Å². The van der Waals surface area contributed by atoms with E-state index < -0.39 is 0 Å². The summed E-state index contributed by atoms with van der Waals surface area (Å²) in [5.41, 5.74) is 1.72. The number of benzene rings is 2. The van der Waals surface area contributed by atoms with Crippen LogP contribution in [0.2, 0.25) is 5.02 Å². The van der Waals surface area contributed by atoms with Crippen molar-refractivity contribution in [3.63, 3.8) is 0 Å². The number of methoxy groups -OCH3 is 1. The van der Waals surface area contributed by atoms with Crippen LogP contribution in [-0.2, 0) is 6.42 Å². The lowest BCUT2D eigenvalue weighted by molar-refractivity contribution is 0.0953. The van der Waals surface area contributed by atoms with Crippen molar-refractivity contribution in [2.45, 2.75) is 19.8 Å². The molecule has 24 heavy (non-hydrogen) atoms. The van der Waals surface area contributed by atoms with Gasteiger partial charge in [0.2, 0.25) is 0 Å². The SMILES string of the molecule is CCOc1ccc(C(=O)NCCCc2cccc(OC)c2)cc1Cl. The molecule has 0 unspecified atom stereocenters. The second kappa shape index (κ2) is 9.18. The van der Waals surface area contributed by atoms with Gasteiger partial charge in [0.15, 0.2) is 0 Å². The Morgan fingerprint density at radius 2 is 2.04 bits per heavy atom. The lowest BCUT2D eigenvalue weighted by Crippen LogP contribution is -2.24. The van der Waals surface area contributed by atoms with E-state index in [4.69, 9.17) is 21.1 Å². The Kier molecular flexibility index (Phi) is 6.94. The smallest absolute Gasteiger partial charge is 0.251 e. The lowest BCUT2D eigenvalue weighted by atomic mass is 10.1. The van der Waals surface area contributed by atoms with Gasteiger partial charge in [-0.2, -0.15) is 0 Å². The molecule has 5 heteroatoms. The molecule has 0 radical (unpaired) electrons. The van der Waals surface area contributed by atoms with Crippen LogP contribution in [0.4, 0.5) is 0 Å². The summed E-state index contributed by atoms with van der Waals surface area (Å²) >= 11 is 6.11. The molecule has 2 rings (SSSR count). The van der Waals surface area contributed by atoms with Crippen molar-refractivity contribution in [3.05, 3.63) is 58.6 Å². The zero-order valence-corrected chi connectivity index (χ0v) is 14.7. The van der Waals surface area contributed by atoms with E-state index in [0.29, 0.717) is 29.5 Å².